The molecule has 0 radical (unpaired) electrons. The number of carbonyl (C=O) groups excluding carboxylic acids is 1. The quantitative estimate of drug-likeness (QED) is 0.630. The minimum absolute atomic E-state index is 0.178. The Balaban J connectivity index is 1.45. The maximum atomic E-state index is 13.7. The normalized spacial score (nSPS) is 20.1. The molecule has 5 rings (SSSR count). The number of amides is 1. The lowest BCUT2D eigenvalue weighted by atomic mass is 9.66. The van der Waals surface area contributed by atoms with Crippen LogP contribution in [0.1, 0.15) is 54.7 Å². The van der Waals surface area contributed by atoms with Gasteiger partial charge in [-0.1, -0.05) is 18.0 Å². The highest BCUT2D eigenvalue weighted by Crippen LogP contribution is 2.56. The fourth-order valence-corrected chi connectivity index (χ4v) is 4.94. The molecule has 0 saturated heterocycles. The molecule has 11 heteroatoms. The van der Waals surface area contributed by atoms with Crippen LogP contribution in [0.15, 0.2) is 24.5 Å². The van der Waals surface area contributed by atoms with E-state index in [4.69, 9.17) is 11.6 Å². The first-order chi connectivity index (χ1) is 14.8. The summed E-state index contributed by atoms with van der Waals surface area (Å²) in [5.74, 6) is -1.50. The second-order valence-electron chi connectivity index (χ2n) is 8.05. The SMILES string of the molecule is O=C(Nc1cnc([C@@H](O)C(F)F)c(Cl)c1)[C@H]1CC2(CCC2)c2c1cnc1cc(F)nn21. The number of rotatable bonds is 4. The molecule has 1 saturated carbocycles. The number of carbonyl (C=O) groups is 1. The standard InChI is InChI=1S/C20H17ClF3N5O2/c21-12-4-9(7-26-15(12)16(30)18(23)24)27-19(31)10-6-20(2-1-3-20)17-11(10)8-25-14-5-13(22)28-29(14)17/h4-5,7-8,10,16,18,30H,1-3,6H2,(H,27,31)/t10-,16+/m0/s1. The first kappa shape index (κ1) is 20.2. The highest BCUT2D eigenvalue weighted by molar-refractivity contribution is 6.31. The highest BCUT2D eigenvalue weighted by Gasteiger charge is 2.52. The molecule has 3 aromatic heterocycles. The van der Waals surface area contributed by atoms with Crippen LogP contribution in [0.4, 0.5) is 18.9 Å². The molecule has 0 aliphatic heterocycles. The van der Waals surface area contributed by atoms with Gasteiger partial charge in [-0.2, -0.15) is 4.39 Å². The van der Waals surface area contributed by atoms with Gasteiger partial charge < -0.3 is 10.4 Å². The Hall–Kier alpha value is -2.72. The molecule has 1 amide bonds. The van der Waals surface area contributed by atoms with E-state index >= 15 is 0 Å². The number of fused-ring (bicyclic) bond motifs is 4. The molecule has 7 nitrogen and oxygen atoms in total. The third-order valence-corrected chi connectivity index (χ3v) is 6.54. The number of alkyl halides is 2. The van der Waals surface area contributed by atoms with Gasteiger partial charge in [0.05, 0.1) is 34.2 Å². The summed E-state index contributed by atoms with van der Waals surface area (Å²) in [4.78, 5) is 21.1. The zero-order chi connectivity index (χ0) is 21.9. The lowest BCUT2D eigenvalue weighted by Crippen LogP contribution is -2.34. The molecule has 0 bridgehead atoms. The summed E-state index contributed by atoms with van der Waals surface area (Å²) in [5, 5.41) is 16.0. The van der Waals surface area contributed by atoms with Gasteiger partial charge in [0.15, 0.2) is 11.8 Å². The molecular weight excluding hydrogens is 435 g/mol. The largest absolute Gasteiger partial charge is 0.381 e. The first-order valence-electron chi connectivity index (χ1n) is 9.76. The number of nitrogens with zero attached hydrogens (tertiary/aromatic N) is 4. The monoisotopic (exact) mass is 451 g/mol. The minimum atomic E-state index is -3.03. The molecule has 0 aromatic carbocycles. The first-order valence-corrected chi connectivity index (χ1v) is 10.1. The van der Waals surface area contributed by atoms with E-state index in [-0.39, 0.29) is 27.7 Å². The molecular formula is C20H17ClF3N5O2. The van der Waals surface area contributed by atoms with E-state index < -0.39 is 24.4 Å². The predicted molar refractivity (Wildman–Crippen MR) is 105 cm³/mol. The summed E-state index contributed by atoms with van der Waals surface area (Å²) >= 11 is 5.97. The highest BCUT2D eigenvalue weighted by atomic mass is 35.5. The lowest BCUT2D eigenvalue weighted by Gasteiger charge is -2.39. The maximum absolute atomic E-state index is 13.7. The fourth-order valence-electron chi connectivity index (χ4n) is 4.66. The van der Waals surface area contributed by atoms with Crippen molar-refractivity contribution in [3.63, 3.8) is 0 Å². The maximum Gasteiger partial charge on any atom is 0.269 e. The van der Waals surface area contributed by atoms with E-state index in [1.54, 1.807) is 6.20 Å². The Morgan fingerprint density at radius 3 is 2.71 bits per heavy atom. The Kier molecular flexibility index (Phi) is 4.67. The van der Waals surface area contributed by atoms with E-state index in [0.717, 1.165) is 25.0 Å². The van der Waals surface area contributed by atoms with Crippen molar-refractivity contribution >= 4 is 28.8 Å². The number of pyridine rings is 1. The summed E-state index contributed by atoms with van der Waals surface area (Å²) in [6.07, 6.45) is 0.918. The zero-order valence-electron chi connectivity index (χ0n) is 16.0. The number of anilines is 1. The van der Waals surface area contributed by atoms with Crippen molar-refractivity contribution in [2.45, 2.75) is 49.5 Å². The van der Waals surface area contributed by atoms with Gasteiger partial charge in [-0.25, -0.2) is 18.3 Å². The molecule has 1 spiro atoms. The van der Waals surface area contributed by atoms with Crippen LogP contribution in [-0.4, -0.2) is 37.0 Å². The van der Waals surface area contributed by atoms with Crippen molar-refractivity contribution in [2.75, 3.05) is 5.32 Å². The van der Waals surface area contributed by atoms with Gasteiger partial charge in [0.2, 0.25) is 11.9 Å². The minimum Gasteiger partial charge on any atom is -0.381 e. The van der Waals surface area contributed by atoms with Gasteiger partial charge in [0.1, 0.15) is 0 Å². The average molecular weight is 452 g/mol. The number of aromatic nitrogens is 4. The van der Waals surface area contributed by atoms with Crippen molar-refractivity contribution in [3.05, 3.63) is 52.4 Å². The van der Waals surface area contributed by atoms with Crippen LogP contribution in [-0.2, 0) is 10.2 Å². The number of hydrogen-bond donors (Lipinski definition) is 2. The smallest absolute Gasteiger partial charge is 0.269 e. The van der Waals surface area contributed by atoms with E-state index in [9.17, 15) is 23.1 Å². The van der Waals surface area contributed by atoms with Gasteiger partial charge in [-0.15, -0.1) is 5.10 Å². The third kappa shape index (κ3) is 3.16. The van der Waals surface area contributed by atoms with Crippen LogP contribution in [0, 0.1) is 5.95 Å². The second-order valence-corrected chi connectivity index (χ2v) is 8.46. The number of nitrogens with one attached hydrogen (secondary N) is 1. The molecule has 162 valence electrons. The van der Waals surface area contributed by atoms with Crippen molar-refractivity contribution < 1.29 is 23.1 Å². The second kappa shape index (κ2) is 7.16. The van der Waals surface area contributed by atoms with Crippen LogP contribution >= 0.6 is 11.6 Å². The van der Waals surface area contributed by atoms with Gasteiger partial charge in [0, 0.05) is 23.2 Å². The van der Waals surface area contributed by atoms with Gasteiger partial charge in [0.25, 0.3) is 6.43 Å². The molecule has 31 heavy (non-hydrogen) atoms. The van der Waals surface area contributed by atoms with Crippen LogP contribution in [0.25, 0.3) is 5.65 Å². The van der Waals surface area contributed by atoms with Crippen LogP contribution < -0.4 is 5.32 Å². The fraction of sp³-hybridized carbons (Fsp3) is 0.400. The van der Waals surface area contributed by atoms with E-state index in [2.05, 4.69) is 20.4 Å². The summed E-state index contributed by atoms with van der Waals surface area (Å²) < 4.78 is 40.7. The molecule has 3 heterocycles. The molecule has 3 aromatic rings. The molecule has 1 fully saturated rings. The zero-order valence-corrected chi connectivity index (χ0v) is 16.8. The van der Waals surface area contributed by atoms with E-state index in [1.807, 2.05) is 0 Å². The summed E-state index contributed by atoms with van der Waals surface area (Å²) in [5.41, 5.74) is 1.51. The molecule has 2 aliphatic rings. The van der Waals surface area contributed by atoms with Crippen LogP contribution in [0.2, 0.25) is 5.02 Å². The van der Waals surface area contributed by atoms with E-state index in [0.29, 0.717) is 17.6 Å². The van der Waals surface area contributed by atoms with Gasteiger partial charge in [-0.3, -0.25) is 9.78 Å². The molecule has 2 aliphatic carbocycles. The number of hydrogen-bond acceptors (Lipinski definition) is 5. The Morgan fingerprint density at radius 1 is 1.29 bits per heavy atom. The Labute approximate surface area is 179 Å². The van der Waals surface area contributed by atoms with E-state index in [1.165, 1.54) is 22.8 Å². The summed E-state index contributed by atoms with van der Waals surface area (Å²) in [6, 6.07) is 2.52. The molecule has 2 N–H and O–H groups in total. The number of aliphatic hydroxyl groups excluding tert-OH is 1. The average Bonchev–Trinajstić information content (AvgIpc) is 3.24. The lowest BCUT2D eigenvalue weighted by molar-refractivity contribution is -0.117. The van der Waals surface area contributed by atoms with Gasteiger partial charge in [-0.05, 0) is 25.3 Å². The predicted octanol–water partition coefficient (Wildman–Crippen LogP) is 3.76. The van der Waals surface area contributed by atoms with Crippen LogP contribution in [0.3, 0.4) is 0 Å². The van der Waals surface area contributed by atoms with Crippen molar-refractivity contribution in [3.8, 4) is 0 Å². The van der Waals surface area contributed by atoms with Crippen LogP contribution in [0.5, 0.6) is 0 Å². The Morgan fingerprint density at radius 2 is 2.06 bits per heavy atom. The summed E-state index contributed by atoms with van der Waals surface area (Å²) in [7, 11) is 0. The summed E-state index contributed by atoms with van der Waals surface area (Å²) in [6.45, 7) is 0. The van der Waals surface area contributed by atoms with Crippen molar-refractivity contribution in [1.82, 2.24) is 19.6 Å². The Bertz CT molecular complexity index is 1200. The molecule has 0 unspecified atom stereocenters. The molecule has 2 atom stereocenters. The van der Waals surface area contributed by atoms with Gasteiger partial charge >= 0.3 is 0 Å². The van der Waals surface area contributed by atoms with Crippen molar-refractivity contribution in [1.29, 1.82) is 0 Å². The topological polar surface area (TPSA) is 92.4 Å². The third-order valence-electron chi connectivity index (χ3n) is 6.24. The number of aliphatic hydroxyl groups is 1. The van der Waals surface area contributed by atoms with Crippen molar-refractivity contribution in [2.24, 2.45) is 0 Å². The number of halogens is 4.